The maximum absolute atomic E-state index is 12.7. The number of carbonyl (C=O) groups excluding carboxylic acids is 2. The molecule has 2 saturated heterocycles. The summed E-state index contributed by atoms with van der Waals surface area (Å²) >= 11 is 5.93. The molecule has 0 aliphatic carbocycles. The standard InChI is InChI=1S/C18H24ClN3O2/c1-13-3-2-8-22(12-13)17(23)14-5-9-21(10-6-14)18(24)16-11-15(19)4-7-20-16/h4,7,11,13-14H,2-3,5-6,8-10,12H2,1H3. The van der Waals surface area contributed by atoms with Crippen LogP contribution in [0.15, 0.2) is 18.3 Å². The SMILES string of the molecule is CC1CCCN(C(=O)C2CCN(C(=O)c3cc(Cl)ccn3)CC2)C1. The zero-order chi connectivity index (χ0) is 17.1. The molecule has 24 heavy (non-hydrogen) atoms. The van der Waals surface area contributed by atoms with Gasteiger partial charge in [-0.1, -0.05) is 18.5 Å². The second kappa shape index (κ2) is 7.51. The number of hydrogen-bond acceptors (Lipinski definition) is 3. The number of piperidine rings is 2. The van der Waals surface area contributed by atoms with E-state index in [1.807, 2.05) is 4.90 Å². The molecule has 0 aromatic carbocycles. The van der Waals surface area contributed by atoms with E-state index in [0.717, 1.165) is 32.4 Å². The first-order chi connectivity index (χ1) is 11.5. The molecule has 0 radical (unpaired) electrons. The molecule has 2 aliphatic heterocycles. The lowest BCUT2D eigenvalue weighted by atomic mass is 9.92. The number of amides is 2. The van der Waals surface area contributed by atoms with Crippen molar-refractivity contribution >= 4 is 23.4 Å². The summed E-state index contributed by atoms with van der Waals surface area (Å²) in [6.45, 7) is 5.18. The minimum absolute atomic E-state index is 0.0478. The van der Waals surface area contributed by atoms with Crippen molar-refractivity contribution in [2.45, 2.75) is 32.6 Å². The van der Waals surface area contributed by atoms with Gasteiger partial charge in [0.15, 0.2) is 0 Å². The Morgan fingerprint density at radius 2 is 1.92 bits per heavy atom. The molecule has 3 rings (SSSR count). The fourth-order valence-corrected chi connectivity index (χ4v) is 3.82. The molecule has 0 spiro atoms. The Morgan fingerprint density at radius 3 is 2.58 bits per heavy atom. The van der Waals surface area contributed by atoms with Gasteiger partial charge in [-0.05, 0) is 43.7 Å². The predicted molar refractivity (Wildman–Crippen MR) is 92.9 cm³/mol. The van der Waals surface area contributed by atoms with Crippen molar-refractivity contribution in [2.24, 2.45) is 11.8 Å². The third kappa shape index (κ3) is 3.89. The summed E-state index contributed by atoms with van der Waals surface area (Å²) in [6, 6.07) is 3.25. The zero-order valence-corrected chi connectivity index (χ0v) is 14.8. The van der Waals surface area contributed by atoms with E-state index in [2.05, 4.69) is 11.9 Å². The number of carbonyl (C=O) groups is 2. The molecule has 2 fully saturated rings. The van der Waals surface area contributed by atoms with Gasteiger partial charge in [0.25, 0.3) is 5.91 Å². The van der Waals surface area contributed by atoms with Crippen molar-refractivity contribution in [3.05, 3.63) is 29.0 Å². The normalized spacial score (nSPS) is 22.5. The van der Waals surface area contributed by atoms with Gasteiger partial charge in [-0.3, -0.25) is 14.6 Å². The molecular weight excluding hydrogens is 326 g/mol. The minimum atomic E-state index is -0.102. The second-order valence-corrected chi connectivity index (χ2v) is 7.39. The van der Waals surface area contributed by atoms with Gasteiger partial charge in [0.2, 0.25) is 5.91 Å². The molecule has 0 N–H and O–H groups in total. The van der Waals surface area contributed by atoms with Crippen LogP contribution < -0.4 is 0 Å². The van der Waals surface area contributed by atoms with Crippen LogP contribution in [0, 0.1) is 11.8 Å². The highest BCUT2D eigenvalue weighted by molar-refractivity contribution is 6.30. The second-order valence-electron chi connectivity index (χ2n) is 6.96. The van der Waals surface area contributed by atoms with Gasteiger partial charge in [-0.15, -0.1) is 0 Å². The predicted octanol–water partition coefficient (Wildman–Crippen LogP) is 2.85. The molecule has 0 saturated carbocycles. The van der Waals surface area contributed by atoms with Crippen LogP contribution >= 0.6 is 11.6 Å². The Hall–Kier alpha value is -1.62. The van der Waals surface area contributed by atoms with Gasteiger partial charge < -0.3 is 9.80 Å². The van der Waals surface area contributed by atoms with E-state index < -0.39 is 0 Å². The lowest BCUT2D eigenvalue weighted by Gasteiger charge is -2.37. The number of rotatable bonds is 2. The number of halogens is 1. The van der Waals surface area contributed by atoms with Crippen LogP contribution in [0.4, 0.5) is 0 Å². The first-order valence-corrected chi connectivity index (χ1v) is 9.12. The molecule has 1 atom stereocenters. The van der Waals surface area contributed by atoms with Gasteiger partial charge in [-0.2, -0.15) is 0 Å². The first kappa shape index (κ1) is 17.2. The van der Waals surface area contributed by atoms with E-state index in [1.54, 1.807) is 23.2 Å². The van der Waals surface area contributed by atoms with Gasteiger partial charge in [-0.25, -0.2) is 0 Å². The Bertz CT molecular complexity index is 614. The summed E-state index contributed by atoms with van der Waals surface area (Å²) in [4.78, 5) is 33.1. The van der Waals surface area contributed by atoms with Crippen molar-refractivity contribution in [1.82, 2.24) is 14.8 Å². The molecule has 6 heteroatoms. The van der Waals surface area contributed by atoms with Crippen LogP contribution in [0.2, 0.25) is 5.02 Å². The van der Waals surface area contributed by atoms with Crippen LogP contribution in [0.1, 0.15) is 43.1 Å². The highest BCUT2D eigenvalue weighted by atomic mass is 35.5. The Balaban J connectivity index is 1.55. The van der Waals surface area contributed by atoms with Gasteiger partial charge in [0, 0.05) is 43.3 Å². The fourth-order valence-electron chi connectivity index (χ4n) is 3.66. The summed E-state index contributed by atoms with van der Waals surface area (Å²) in [7, 11) is 0. The van der Waals surface area contributed by atoms with E-state index in [0.29, 0.717) is 29.7 Å². The quantitative estimate of drug-likeness (QED) is 0.825. The molecular formula is C18H24ClN3O2. The third-order valence-corrected chi connectivity index (χ3v) is 5.28. The summed E-state index contributed by atoms with van der Waals surface area (Å²) in [5, 5.41) is 0.512. The number of likely N-dealkylation sites (tertiary alicyclic amines) is 2. The maximum Gasteiger partial charge on any atom is 0.272 e. The van der Waals surface area contributed by atoms with Crippen LogP contribution in [-0.4, -0.2) is 52.8 Å². The molecule has 3 heterocycles. The van der Waals surface area contributed by atoms with Crippen LogP contribution in [0.5, 0.6) is 0 Å². The van der Waals surface area contributed by atoms with E-state index in [9.17, 15) is 9.59 Å². The fraction of sp³-hybridized carbons (Fsp3) is 0.611. The largest absolute Gasteiger partial charge is 0.342 e. The van der Waals surface area contributed by atoms with Crippen molar-refractivity contribution in [3.8, 4) is 0 Å². The summed E-state index contributed by atoms with van der Waals surface area (Å²) in [5.74, 6) is 0.814. The van der Waals surface area contributed by atoms with Crippen LogP contribution in [-0.2, 0) is 4.79 Å². The number of nitrogens with zero attached hydrogens (tertiary/aromatic N) is 3. The average Bonchev–Trinajstić information content (AvgIpc) is 2.60. The van der Waals surface area contributed by atoms with Gasteiger partial charge in [0.1, 0.15) is 5.69 Å². The lowest BCUT2D eigenvalue weighted by molar-refractivity contribution is -0.138. The Labute approximate surface area is 148 Å². The summed E-state index contributed by atoms with van der Waals surface area (Å²) in [6.07, 6.45) is 5.32. The first-order valence-electron chi connectivity index (χ1n) is 8.74. The molecule has 0 bridgehead atoms. The monoisotopic (exact) mass is 349 g/mol. The van der Waals surface area contributed by atoms with Crippen LogP contribution in [0.25, 0.3) is 0 Å². The van der Waals surface area contributed by atoms with E-state index >= 15 is 0 Å². The molecule has 2 amide bonds. The smallest absolute Gasteiger partial charge is 0.272 e. The number of aromatic nitrogens is 1. The van der Waals surface area contributed by atoms with Crippen molar-refractivity contribution in [2.75, 3.05) is 26.2 Å². The number of pyridine rings is 1. The molecule has 5 nitrogen and oxygen atoms in total. The minimum Gasteiger partial charge on any atom is -0.342 e. The lowest BCUT2D eigenvalue weighted by Crippen LogP contribution is -2.47. The van der Waals surface area contributed by atoms with Gasteiger partial charge in [0.05, 0.1) is 0 Å². The van der Waals surface area contributed by atoms with E-state index in [1.165, 1.54) is 6.42 Å². The zero-order valence-electron chi connectivity index (χ0n) is 14.1. The maximum atomic E-state index is 12.7. The van der Waals surface area contributed by atoms with Crippen molar-refractivity contribution < 1.29 is 9.59 Å². The van der Waals surface area contributed by atoms with Crippen molar-refractivity contribution in [3.63, 3.8) is 0 Å². The highest BCUT2D eigenvalue weighted by Crippen LogP contribution is 2.24. The average molecular weight is 350 g/mol. The Kier molecular flexibility index (Phi) is 5.39. The topological polar surface area (TPSA) is 53.5 Å². The van der Waals surface area contributed by atoms with E-state index in [-0.39, 0.29) is 17.7 Å². The van der Waals surface area contributed by atoms with Crippen molar-refractivity contribution in [1.29, 1.82) is 0 Å². The third-order valence-electron chi connectivity index (χ3n) is 5.04. The van der Waals surface area contributed by atoms with Crippen LogP contribution in [0.3, 0.4) is 0 Å². The molecule has 130 valence electrons. The summed E-state index contributed by atoms with van der Waals surface area (Å²) < 4.78 is 0. The molecule has 1 aromatic rings. The summed E-state index contributed by atoms with van der Waals surface area (Å²) in [5.41, 5.74) is 0.372. The highest BCUT2D eigenvalue weighted by Gasteiger charge is 2.32. The molecule has 1 aromatic heterocycles. The molecule has 2 aliphatic rings. The Morgan fingerprint density at radius 1 is 1.17 bits per heavy atom. The number of hydrogen-bond donors (Lipinski definition) is 0. The van der Waals surface area contributed by atoms with E-state index in [4.69, 9.17) is 11.6 Å². The van der Waals surface area contributed by atoms with Gasteiger partial charge >= 0.3 is 0 Å². The molecule has 1 unspecified atom stereocenters.